The molecule has 0 spiro atoms. The molecule has 0 aliphatic heterocycles. The van der Waals surface area contributed by atoms with Crippen LogP contribution in [0.2, 0.25) is 0 Å². The minimum absolute atomic E-state index is 0.432. The summed E-state index contributed by atoms with van der Waals surface area (Å²) in [5.74, 6) is -0.432. The summed E-state index contributed by atoms with van der Waals surface area (Å²) in [5.41, 5.74) is 7.82. The van der Waals surface area contributed by atoms with Crippen molar-refractivity contribution in [2.24, 2.45) is 5.73 Å². The molecular weight excluding hydrogens is 264 g/mol. The number of benzene rings is 2. The molecule has 4 heteroatoms. The lowest BCUT2D eigenvalue weighted by molar-refractivity contribution is 0.1000. The Morgan fingerprint density at radius 2 is 1.90 bits per heavy atom. The van der Waals surface area contributed by atoms with Gasteiger partial charge in [-0.25, -0.2) is 0 Å². The minimum Gasteiger partial charge on any atom is -0.392 e. The van der Waals surface area contributed by atoms with E-state index in [1.807, 2.05) is 42.5 Å². The Morgan fingerprint density at radius 1 is 1.19 bits per heavy atom. The third-order valence-electron chi connectivity index (χ3n) is 3.19. The fourth-order valence-electron chi connectivity index (χ4n) is 2.26. The van der Waals surface area contributed by atoms with Crippen molar-refractivity contribution in [1.82, 2.24) is 0 Å². The van der Waals surface area contributed by atoms with E-state index in [0.29, 0.717) is 18.7 Å². The highest BCUT2D eigenvalue weighted by Gasteiger charge is 2.11. The molecule has 0 saturated carbocycles. The molecule has 2 rings (SSSR count). The number of rotatable bonds is 6. The molecule has 110 valence electrons. The number of anilines is 1. The largest absolute Gasteiger partial charge is 0.392 e. The molecule has 0 fully saturated rings. The van der Waals surface area contributed by atoms with E-state index in [-0.39, 0.29) is 0 Å². The molecule has 0 aliphatic carbocycles. The Labute approximate surface area is 124 Å². The molecule has 4 nitrogen and oxygen atoms in total. The number of hydrogen-bond acceptors (Lipinski definition) is 3. The molecule has 0 aromatic heterocycles. The van der Waals surface area contributed by atoms with Crippen LogP contribution in [0.1, 0.15) is 22.8 Å². The molecule has 1 atom stereocenters. The highest BCUT2D eigenvalue weighted by atomic mass is 16.3. The summed E-state index contributed by atoms with van der Waals surface area (Å²) in [6.07, 6.45) is -0.440. The van der Waals surface area contributed by atoms with Gasteiger partial charge in [0, 0.05) is 24.3 Å². The number of para-hydroxylation sites is 1. The maximum Gasteiger partial charge on any atom is 0.248 e. The van der Waals surface area contributed by atoms with Crippen molar-refractivity contribution < 1.29 is 9.90 Å². The third kappa shape index (κ3) is 4.33. The van der Waals surface area contributed by atoms with Crippen LogP contribution < -0.4 is 10.6 Å². The van der Waals surface area contributed by atoms with Crippen molar-refractivity contribution in [2.75, 3.05) is 11.4 Å². The Balaban J connectivity index is 2.23. The molecule has 0 heterocycles. The van der Waals surface area contributed by atoms with Gasteiger partial charge in [-0.15, -0.1) is 0 Å². The second-order valence-corrected chi connectivity index (χ2v) is 5.13. The first-order chi connectivity index (χ1) is 10.1. The average Bonchev–Trinajstić information content (AvgIpc) is 2.47. The fourth-order valence-corrected chi connectivity index (χ4v) is 2.26. The normalized spacial score (nSPS) is 11.9. The van der Waals surface area contributed by atoms with Gasteiger partial charge in [0.2, 0.25) is 5.91 Å². The number of hydrogen-bond donors (Lipinski definition) is 2. The predicted octanol–water partition coefficient (Wildman–Crippen LogP) is 2.17. The van der Waals surface area contributed by atoms with Gasteiger partial charge in [0.25, 0.3) is 0 Å². The standard InChI is InChI=1S/C17H20N2O2/c1-13(20)11-19(16-8-3-2-4-9-16)12-14-6-5-7-15(10-14)17(18)21/h2-10,13,20H,11-12H2,1H3,(H2,18,21)/t13-/m0/s1. The SMILES string of the molecule is C[C@H](O)CN(Cc1cccc(C(N)=O)c1)c1ccccc1. The smallest absolute Gasteiger partial charge is 0.248 e. The molecule has 1 amide bonds. The summed E-state index contributed by atoms with van der Waals surface area (Å²) in [5, 5.41) is 9.69. The Morgan fingerprint density at radius 3 is 2.52 bits per heavy atom. The molecule has 2 aromatic carbocycles. The number of primary amides is 1. The zero-order valence-corrected chi connectivity index (χ0v) is 12.1. The zero-order valence-electron chi connectivity index (χ0n) is 12.1. The lowest BCUT2D eigenvalue weighted by Gasteiger charge is -2.26. The van der Waals surface area contributed by atoms with Crippen LogP contribution in [0.3, 0.4) is 0 Å². The van der Waals surface area contributed by atoms with Gasteiger partial charge >= 0.3 is 0 Å². The maximum atomic E-state index is 11.3. The number of aliphatic hydroxyl groups is 1. The van der Waals surface area contributed by atoms with Crippen LogP contribution in [0, 0.1) is 0 Å². The average molecular weight is 284 g/mol. The van der Waals surface area contributed by atoms with E-state index in [0.717, 1.165) is 11.3 Å². The number of nitrogens with two attached hydrogens (primary N) is 1. The predicted molar refractivity (Wildman–Crippen MR) is 84.1 cm³/mol. The number of amides is 1. The van der Waals surface area contributed by atoms with Gasteiger partial charge < -0.3 is 15.7 Å². The van der Waals surface area contributed by atoms with E-state index in [4.69, 9.17) is 5.73 Å². The fraction of sp³-hybridized carbons (Fsp3) is 0.235. The van der Waals surface area contributed by atoms with Crippen molar-refractivity contribution in [1.29, 1.82) is 0 Å². The number of aliphatic hydroxyl groups excluding tert-OH is 1. The first-order valence-electron chi connectivity index (χ1n) is 6.93. The van der Waals surface area contributed by atoms with Crippen LogP contribution in [-0.2, 0) is 6.54 Å². The Kier molecular flexibility index (Phi) is 4.95. The lowest BCUT2D eigenvalue weighted by Crippen LogP contribution is -2.30. The molecule has 0 aliphatic rings. The van der Waals surface area contributed by atoms with Gasteiger partial charge in [0.1, 0.15) is 0 Å². The van der Waals surface area contributed by atoms with Crippen LogP contribution >= 0.6 is 0 Å². The van der Waals surface area contributed by atoms with E-state index in [1.165, 1.54) is 0 Å². The first kappa shape index (κ1) is 15.1. The van der Waals surface area contributed by atoms with Crippen molar-refractivity contribution >= 4 is 11.6 Å². The van der Waals surface area contributed by atoms with Crippen LogP contribution in [0.4, 0.5) is 5.69 Å². The highest BCUT2D eigenvalue weighted by Crippen LogP contribution is 2.18. The van der Waals surface area contributed by atoms with Crippen molar-refractivity contribution in [3.8, 4) is 0 Å². The van der Waals surface area contributed by atoms with Gasteiger partial charge in [-0.2, -0.15) is 0 Å². The summed E-state index contributed by atoms with van der Waals surface area (Å²) >= 11 is 0. The quantitative estimate of drug-likeness (QED) is 0.854. The van der Waals surface area contributed by atoms with E-state index < -0.39 is 12.0 Å². The summed E-state index contributed by atoms with van der Waals surface area (Å²) < 4.78 is 0. The molecule has 0 bridgehead atoms. The van der Waals surface area contributed by atoms with E-state index in [2.05, 4.69) is 4.90 Å². The van der Waals surface area contributed by atoms with Crippen LogP contribution in [0.25, 0.3) is 0 Å². The number of carbonyl (C=O) groups excluding carboxylic acids is 1. The summed E-state index contributed by atoms with van der Waals surface area (Å²) in [6, 6.07) is 17.1. The molecule has 2 aromatic rings. The summed E-state index contributed by atoms with van der Waals surface area (Å²) in [4.78, 5) is 13.3. The van der Waals surface area contributed by atoms with E-state index >= 15 is 0 Å². The highest BCUT2D eigenvalue weighted by molar-refractivity contribution is 5.92. The molecule has 21 heavy (non-hydrogen) atoms. The first-order valence-corrected chi connectivity index (χ1v) is 6.93. The third-order valence-corrected chi connectivity index (χ3v) is 3.19. The van der Waals surface area contributed by atoms with E-state index in [1.54, 1.807) is 19.1 Å². The van der Waals surface area contributed by atoms with Gasteiger partial charge in [-0.3, -0.25) is 4.79 Å². The second-order valence-electron chi connectivity index (χ2n) is 5.13. The molecule has 0 unspecified atom stereocenters. The number of nitrogens with zero attached hydrogens (tertiary/aromatic N) is 1. The maximum absolute atomic E-state index is 11.3. The monoisotopic (exact) mass is 284 g/mol. The van der Waals surface area contributed by atoms with Crippen molar-refractivity contribution in [2.45, 2.75) is 19.6 Å². The second kappa shape index (κ2) is 6.90. The van der Waals surface area contributed by atoms with Gasteiger partial charge in [-0.05, 0) is 36.8 Å². The van der Waals surface area contributed by atoms with Crippen LogP contribution in [0.15, 0.2) is 54.6 Å². The lowest BCUT2D eigenvalue weighted by atomic mass is 10.1. The minimum atomic E-state index is -0.440. The molecule has 0 radical (unpaired) electrons. The molecular formula is C17H20N2O2. The summed E-state index contributed by atoms with van der Waals surface area (Å²) in [6.45, 7) is 2.89. The summed E-state index contributed by atoms with van der Waals surface area (Å²) in [7, 11) is 0. The van der Waals surface area contributed by atoms with Gasteiger partial charge in [-0.1, -0.05) is 30.3 Å². The van der Waals surface area contributed by atoms with Crippen molar-refractivity contribution in [3.63, 3.8) is 0 Å². The molecule has 3 N–H and O–H groups in total. The van der Waals surface area contributed by atoms with Gasteiger partial charge in [0.05, 0.1) is 6.10 Å². The number of carbonyl (C=O) groups is 1. The van der Waals surface area contributed by atoms with Crippen molar-refractivity contribution in [3.05, 3.63) is 65.7 Å². The molecule has 0 saturated heterocycles. The van der Waals surface area contributed by atoms with Crippen LogP contribution in [0.5, 0.6) is 0 Å². The Bertz CT molecular complexity index is 597. The van der Waals surface area contributed by atoms with Gasteiger partial charge in [0.15, 0.2) is 0 Å². The zero-order chi connectivity index (χ0) is 15.2. The van der Waals surface area contributed by atoms with Crippen LogP contribution in [-0.4, -0.2) is 23.7 Å². The topological polar surface area (TPSA) is 66.6 Å². The Hall–Kier alpha value is -2.33. The van der Waals surface area contributed by atoms with E-state index in [9.17, 15) is 9.90 Å².